The second kappa shape index (κ2) is 5.49. The topological polar surface area (TPSA) is 26.3 Å². The number of ether oxygens (including phenoxy) is 1. The molecule has 0 heterocycles. The first kappa shape index (κ1) is 12.9. The zero-order chi connectivity index (χ0) is 13.9. The van der Waals surface area contributed by atoms with Crippen molar-refractivity contribution in [2.45, 2.75) is 26.4 Å². The predicted octanol–water partition coefficient (Wildman–Crippen LogP) is 4.03. The van der Waals surface area contributed by atoms with Crippen LogP contribution in [0.2, 0.25) is 0 Å². The summed E-state index contributed by atoms with van der Waals surface area (Å²) in [4.78, 5) is 12.1. The van der Waals surface area contributed by atoms with Gasteiger partial charge in [0, 0.05) is 12.0 Å². The fourth-order valence-electron chi connectivity index (χ4n) is 2.70. The molecule has 0 spiro atoms. The second-order valence-corrected chi connectivity index (χ2v) is 5.53. The summed E-state index contributed by atoms with van der Waals surface area (Å²) in [5, 5.41) is 0. The van der Waals surface area contributed by atoms with E-state index in [9.17, 15) is 4.79 Å². The van der Waals surface area contributed by atoms with Crippen molar-refractivity contribution in [3.05, 3.63) is 65.2 Å². The molecule has 0 aromatic heterocycles. The lowest BCUT2D eigenvalue weighted by Crippen LogP contribution is -2.17. The Hall–Kier alpha value is -2.09. The van der Waals surface area contributed by atoms with E-state index in [1.807, 2.05) is 48.5 Å². The van der Waals surface area contributed by atoms with Crippen molar-refractivity contribution in [3.8, 4) is 5.75 Å². The Morgan fingerprint density at radius 3 is 2.70 bits per heavy atom. The summed E-state index contributed by atoms with van der Waals surface area (Å²) in [5.41, 5.74) is 3.12. The zero-order valence-electron chi connectivity index (χ0n) is 11.6. The molecule has 0 saturated heterocycles. The smallest absolute Gasteiger partial charge is 0.163 e. The summed E-state index contributed by atoms with van der Waals surface area (Å²) >= 11 is 0. The average molecular weight is 266 g/mol. The van der Waals surface area contributed by atoms with E-state index in [0.29, 0.717) is 18.9 Å². The van der Waals surface area contributed by atoms with Gasteiger partial charge in [-0.1, -0.05) is 43.3 Å². The highest BCUT2D eigenvalue weighted by Crippen LogP contribution is 2.28. The van der Waals surface area contributed by atoms with Gasteiger partial charge in [-0.25, -0.2) is 0 Å². The molecule has 2 nitrogen and oxygen atoms in total. The number of hydrogen-bond donors (Lipinski definition) is 0. The number of Topliss-reactive ketones (excluding diaryl/α,β-unsaturated/α-hetero) is 1. The van der Waals surface area contributed by atoms with Gasteiger partial charge in [-0.3, -0.25) is 4.79 Å². The van der Waals surface area contributed by atoms with Gasteiger partial charge in [-0.2, -0.15) is 0 Å². The van der Waals surface area contributed by atoms with Crippen LogP contribution in [0.25, 0.3) is 0 Å². The van der Waals surface area contributed by atoms with Crippen LogP contribution in [-0.4, -0.2) is 5.78 Å². The maximum Gasteiger partial charge on any atom is 0.163 e. The van der Waals surface area contributed by atoms with Gasteiger partial charge >= 0.3 is 0 Å². The molecule has 2 heteroatoms. The third-order valence-corrected chi connectivity index (χ3v) is 3.73. The normalized spacial score (nSPS) is 17.6. The van der Waals surface area contributed by atoms with Gasteiger partial charge in [0.15, 0.2) is 5.78 Å². The van der Waals surface area contributed by atoms with Gasteiger partial charge in [-0.05, 0) is 35.6 Å². The fraction of sp³-hybridized carbons (Fsp3) is 0.278. The highest BCUT2D eigenvalue weighted by atomic mass is 16.5. The number of fused-ring (bicyclic) bond motifs is 1. The fourth-order valence-corrected chi connectivity index (χ4v) is 2.70. The maximum atomic E-state index is 12.1. The van der Waals surface area contributed by atoms with Crippen LogP contribution in [0.3, 0.4) is 0 Å². The van der Waals surface area contributed by atoms with E-state index in [2.05, 4.69) is 6.92 Å². The molecule has 1 aliphatic rings. The molecule has 0 aliphatic heterocycles. The van der Waals surface area contributed by atoms with Gasteiger partial charge < -0.3 is 4.74 Å². The summed E-state index contributed by atoms with van der Waals surface area (Å²) < 4.78 is 5.78. The molecule has 102 valence electrons. The van der Waals surface area contributed by atoms with Crippen LogP contribution in [0, 0.1) is 5.92 Å². The lowest BCUT2D eigenvalue weighted by atomic mass is 9.84. The van der Waals surface area contributed by atoms with Crippen molar-refractivity contribution in [1.29, 1.82) is 0 Å². The molecule has 0 saturated carbocycles. The first-order valence-electron chi connectivity index (χ1n) is 7.05. The van der Waals surface area contributed by atoms with Gasteiger partial charge in [0.25, 0.3) is 0 Å². The summed E-state index contributed by atoms with van der Waals surface area (Å²) in [6.07, 6.45) is 1.63. The van der Waals surface area contributed by atoms with E-state index in [-0.39, 0.29) is 5.78 Å². The summed E-state index contributed by atoms with van der Waals surface area (Å²) in [6, 6.07) is 15.9. The minimum atomic E-state index is 0.240. The number of carbonyl (C=O) groups is 1. The Kier molecular flexibility index (Phi) is 3.55. The van der Waals surface area contributed by atoms with Crippen LogP contribution in [0.15, 0.2) is 48.5 Å². The zero-order valence-corrected chi connectivity index (χ0v) is 11.6. The van der Waals surface area contributed by atoms with E-state index in [1.165, 1.54) is 0 Å². The average Bonchev–Trinajstić information content (AvgIpc) is 2.46. The monoisotopic (exact) mass is 266 g/mol. The molecule has 1 aliphatic carbocycles. The minimum Gasteiger partial charge on any atom is -0.489 e. The van der Waals surface area contributed by atoms with Crippen molar-refractivity contribution in [2.75, 3.05) is 0 Å². The molecule has 2 aromatic carbocycles. The molecule has 0 bridgehead atoms. The van der Waals surface area contributed by atoms with Crippen molar-refractivity contribution < 1.29 is 9.53 Å². The summed E-state index contributed by atoms with van der Waals surface area (Å²) in [7, 11) is 0. The SMILES string of the molecule is CC1CC(=O)c2cc(OCc3ccccc3)ccc2C1. The lowest BCUT2D eigenvalue weighted by molar-refractivity contribution is 0.0953. The molecule has 0 amide bonds. The van der Waals surface area contributed by atoms with Crippen LogP contribution in [0.5, 0.6) is 5.75 Å². The number of benzene rings is 2. The number of hydrogen-bond acceptors (Lipinski definition) is 2. The summed E-state index contributed by atoms with van der Waals surface area (Å²) in [5.74, 6) is 1.46. The lowest BCUT2D eigenvalue weighted by Gasteiger charge is -2.21. The van der Waals surface area contributed by atoms with Gasteiger partial charge in [0.2, 0.25) is 0 Å². The highest BCUT2D eigenvalue weighted by Gasteiger charge is 2.22. The van der Waals surface area contributed by atoms with Crippen molar-refractivity contribution in [2.24, 2.45) is 5.92 Å². The maximum absolute atomic E-state index is 12.1. The Morgan fingerprint density at radius 2 is 1.90 bits per heavy atom. The van der Waals surface area contributed by atoms with E-state index in [1.54, 1.807) is 0 Å². The Balaban J connectivity index is 1.76. The third kappa shape index (κ3) is 2.74. The van der Waals surface area contributed by atoms with Crippen LogP contribution in [-0.2, 0) is 13.0 Å². The Bertz CT molecular complexity index is 617. The van der Waals surface area contributed by atoms with E-state index in [0.717, 1.165) is 28.9 Å². The Morgan fingerprint density at radius 1 is 1.10 bits per heavy atom. The van der Waals surface area contributed by atoms with Crippen LogP contribution in [0.4, 0.5) is 0 Å². The molecule has 0 radical (unpaired) electrons. The highest BCUT2D eigenvalue weighted by molar-refractivity contribution is 5.99. The van der Waals surface area contributed by atoms with Crippen LogP contribution < -0.4 is 4.74 Å². The van der Waals surface area contributed by atoms with Gasteiger partial charge in [0.1, 0.15) is 12.4 Å². The molecule has 1 atom stereocenters. The quantitative estimate of drug-likeness (QED) is 0.838. The molecule has 20 heavy (non-hydrogen) atoms. The number of ketones is 1. The second-order valence-electron chi connectivity index (χ2n) is 5.53. The van der Waals surface area contributed by atoms with Crippen molar-refractivity contribution in [3.63, 3.8) is 0 Å². The van der Waals surface area contributed by atoms with E-state index >= 15 is 0 Å². The first-order valence-corrected chi connectivity index (χ1v) is 7.05. The number of carbonyl (C=O) groups excluding carboxylic acids is 1. The molecule has 2 aromatic rings. The molecular formula is C18H18O2. The van der Waals surface area contributed by atoms with Crippen molar-refractivity contribution >= 4 is 5.78 Å². The molecule has 3 rings (SSSR count). The molecular weight excluding hydrogens is 248 g/mol. The summed E-state index contributed by atoms with van der Waals surface area (Å²) in [6.45, 7) is 2.66. The first-order chi connectivity index (χ1) is 9.72. The Labute approximate surface area is 119 Å². The third-order valence-electron chi connectivity index (χ3n) is 3.73. The predicted molar refractivity (Wildman–Crippen MR) is 79.0 cm³/mol. The molecule has 1 unspecified atom stereocenters. The molecule has 0 fully saturated rings. The van der Waals surface area contributed by atoms with E-state index < -0.39 is 0 Å². The van der Waals surface area contributed by atoms with Crippen LogP contribution >= 0.6 is 0 Å². The van der Waals surface area contributed by atoms with Crippen molar-refractivity contribution in [1.82, 2.24) is 0 Å². The standard InChI is InChI=1S/C18H18O2/c1-13-9-15-7-8-16(11-17(15)18(19)10-13)20-12-14-5-3-2-4-6-14/h2-8,11,13H,9-10,12H2,1H3. The van der Waals surface area contributed by atoms with E-state index in [4.69, 9.17) is 4.74 Å². The van der Waals surface area contributed by atoms with Gasteiger partial charge in [0.05, 0.1) is 0 Å². The number of rotatable bonds is 3. The molecule has 0 N–H and O–H groups in total. The van der Waals surface area contributed by atoms with Gasteiger partial charge in [-0.15, -0.1) is 0 Å². The largest absolute Gasteiger partial charge is 0.489 e. The van der Waals surface area contributed by atoms with Crippen LogP contribution in [0.1, 0.15) is 34.8 Å². The minimum absolute atomic E-state index is 0.240.